The summed E-state index contributed by atoms with van der Waals surface area (Å²) in [5.74, 6) is 0.0958. The standard InChI is InChI=1S/C25H41N5O5/c1-15(2)26-24(32)28-19-9-10-20-21(11-19)35-14-18(6)30(25(33)27-16(3)4)12-17(5)22(34-8)13-29(7)23(20)31/h9-11,15-18,22H,12-14H2,1-8H3,(H,27,33)(H2,26,28,32)/t17-,18+,22+/m0/s1. The van der Waals surface area contributed by atoms with E-state index < -0.39 is 0 Å². The lowest BCUT2D eigenvalue weighted by molar-refractivity contribution is 0.0165. The molecule has 1 aliphatic heterocycles. The normalized spacial score (nSPS) is 21.5. The van der Waals surface area contributed by atoms with Crippen molar-refractivity contribution in [2.45, 2.75) is 65.8 Å². The number of carbonyl (C=O) groups is 3. The molecule has 0 aliphatic carbocycles. The van der Waals surface area contributed by atoms with Crippen LogP contribution in [0.3, 0.4) is 0 Å². The number of hydrogen-bond acceptors (Lipinski definition) is 5. The van der Waals surface area contributed by atoms with E-state index in [1.54, 1.807) is 42.2 Å². The molecule has 0 fully saturated rings. The molecule has 196 valence electrons. The molecule has 1 aromatic carbocycles. The van der Waals surface area contributed by atoms with Crippen molar-refractivity contribution in [1.29, 1.82) is 0 Å². The Hall–Kier alpha value is -3.01. The van der Waals surface area contributed by atoms with Crippen LogP contribution in [0.4, 0.5) is 15.3 Å². The lowest BCUT2D eigenvalue weighted by Crippen LogP contribution is -2.52. The summed E-state index contributed by atoms with van der Waals surface area (Å²) >= 11 is 0. The van der Waals surface area contributed by atoms with Gasteiger partial charge in [0.15, 0.2) is 0 Å². The van der Waals surface area contributed by atoms with E-state index in [0.29, 0.717) is 30.1 Å². The number of hydrogen-bond donors (Lipinski definition) is 3. The first-order valence-corrected chi connectivity index (χ1v) is 12.1. The van der Waals surface area contributed by atoms with E-state index >= 15 is 0 Å². The number of benzene rings is 1. The van der Waals surface area contributed by atoms with Gasteiger partial charge in [-0.1, -0.05) is 6.92 Å². The summed E-state index contributed by atoms with van der Waals surface area (Å²) in [4.78, 5) is 41.8. The second kappa shape index (κ2) is 12.6. The Morgan fingerprint density at radius 2 is 1.74 bits per heavy atom. The minimum atomic E-state index is -0.349. The van der Waals surface area contributed by atoms with Crippen LogP contribution in [0, 0.1) is 5.92 Å². The van der Waals surface area contributed by atoms with Crippen molar-refractivity contribution >= 4 is 23.7 Å². The van der Waals surface area contributed by atoms with Gasteiger partial charge in [-0.2, -0.15) is 0 Å². The van der Waals surface area contributed by atoms with E-state index in [4.69, 9.17) is 9.47 Å². The average Bonchev–Trinajstić information content (AvgIpc) is 2.76. The topological polar surface area (TPSA) is 112 Å². The van der Waals surface area contributed by atoms with Gasteiger partial charge in [0.2, 0.25) is 0 Å². The van der Waals surface area contributed by atoms with E-state index in [1.807, 2.05) is 41.5 Å². The quantitative estimate of drug-likeness (QED) is 0.599. The fraction of sp³-hybridized carbons (Fsp3) is 0.640. The molecule has 3 atom stereocenters. The largest absolute Gasteiger partial charge is 0.491 e. The lowest BCUT2D eigenvalue weighted by atomic mass is 10.0. The van der Waals surface area contributed by atoms with Crippen LogP contribution >= 0.6 is 0 Å². The number of methoxy groups -OCH3 is 1. The van der Waals surface area contributed by atoms with Gasteiger partial charge in [0.1, 0.15) is 12.4 Å². The Labute approximate surface area is 208 Å². The SMILES string of the molecule is CO[C@@H]1CN(C)C(=O)c2ccc(NC(=O)NC(C)C)cc2OC[C@@H](C)N(C(=O)NC(C)C)C[C@@H]1C. The molecule has 1 aromatic rings. The van der Waals surface area contributed by atoms with Gasteiger partial charge < -0.3 is 35.2 Å². The summed E-state index contributed by atoms with van der Waals surface area (Å²) < 4.78 is 11.8. The summed E-state index contributed by atoms with van der Waals surface area (Å²) in [5.41, 5.74) is 0.866. The van der Waals surface area contributed by atoms with Gasteiger partial charge in [-0.3, -0.25) is 4.79 Å². The number of urea groups is 2. The Balaban J connectivity index is 2.42. The summed E-state index contributed by atoms with van der Waals surface area (Å²) in [7, 11) is 3.33. The second-order valence-electron chi connectivity index (χ2n) is 9.82. The van der Waals surface area contributed by atoms with Crippen LogP contribution in [0.15, 0.2) is 18.2 Å². The van der Waals surface area contributed by atoms with E-state index in [1.165, 1.54) is 0 Å². The molecular weight excluding hydrogens is 450 g/mol. The molecule has 5 amide bonds. The third kappa shape index (κ3) is 8.02. The minimum Gasteiger partial charge on any atom is -0.491 e. The van der Waals surface area contributed by atoms with Gasteiger partial charge in [0.05, 0.1) is 17.7 Å². The monoisotopic (exact) mass is 491 g/mol. The van der Waals surface area contributed by atoms with Gasteiger partial charge in [-0.25, -0.2) is 9.59 Å². The van der Waals surface area contributed by atoms with Crippen molar-refractivity contribution in [3.05, 3.63) is 23.8 Å². The molecular formula is C25H41N5O5. The average molecular weight is 492 g/mol. The van der Waals surface area contributed by atoms with E-state index in [2.05, 4.69) is 16.0 Å². The first-order valence-electron chi connectivity index (χ1n) is 12.1. The number of amides is 5. The molecule has 0 radical (unpaired) electrons. The Morgan fingerprint density at radius 3 is 2.34 bits per heavy atom. The number of rotatable bonds is 4. The zero-order chi connectivity index (χ0) is 26.3. The van der Waals surface area contributed by atoms with Crippen molar-refractivity contribution in [2.75, 3.05) is 39.2 Å². The second-order valence-corrected chi connectivity index (χ2v) is 9.82. The molecule has 1 aliphatic rings. The fourth-order valence-electron chi connectivity index (χ4n) is 3.89. The highest BCUT2D eigenvalue weighted by atomic mass is 16.5. The predicted octanol–water partition coefficient (Wildman–Crippen LogP) is 3.14. The number of ether oxygens (including phenoxy) is 2. The summed E-state index contributed by atoms with van der Waals surface area (Å²) in [6.45, 7) is 12.4. The molecule has 0 spiro atoms. The van der Waals surface area contributed by atoms with Crippen LogP contribution in [-0.4, -0.2) is 85.9 Å². The van der Waals surface area contributed by atoms with Crippen molar-refractivity contribution in [2.24, 2.45) is 5.92 Å². The first kappa shape index (κ1) is 28.2. The van der Waals surface area contributed by atoms with Crippen LogP contribution in [0.2, 0.25) is 0 Å². The Morgan fingerprint density at radius 1 is 1.09 bits per heavy atom. The minimum absolute atomic E-state index is 0.0133. The number of carbonyl (C=O) groups excluding carboxylic acids is 3. The highest BCUT2D eigenvalue weighted by molar-refractivity contribution is 5.98. The van der Waals surface area contributed by atoms with Gasteiger partial charge in [-0.05, 0) is 46.8 Å². The predicted molar refractivity (Wildman–Crippen MR) is 136 cm³/mol. The van der Waals surface area contributed by atoms with Gasteiger partial charge in [0.25, 0.3) is 5.91 Å². The highest BCUT2D eigenvalue weighted by Gasteiger charge is 2.30. The zero-order valence-corrected chi connectivity index (χ0v) is 22.2. The highest BCUT2D eigenvalue weighted by Crippen LogP contribution is 2.27. The Bertz CT molecular complexity index is 891. The van der Waals surface area contributed by atoms with Crippen LogP contribution in [0.1, 0.15) is 51.9 Å². The maximum absolute atomic E-state index is 13.3. The molecule has 2 rings (SSSR count). The third-order valence-corrected chi connectivity index (χ3v) is 5.80. The molecule has 10 heteroatoms. The molecule has 10 nitrogen and oxygen atoms in total. The number of anilines is 1. The third-order valence-electron chi connectivity index (χ3n) is 5.80. The fourth-order valence-corrected chi connectivity index (χ4v) is 3.89. The number of nitrogens with one attached hydrogen (secondary N) is 3. The maximum Gasteiger partial charge on any atom is 0.319 e. The molecule has 0 unspecified atom stereocenters. The zero-order valence-electron chi connectivity index (χ0n) is 22.2. The van der Waals surface area contributed by atoms with Crippen LogP contribution < -0.4 is 20.7 Å². The smallest absolute Gasteiger partial charge is 0.319 e. The lowest BCUT2D eigenvalue weighted by Gasteiger charge is -2.36. The molecule has 1 heterocycles. The van der Waals surface area contributed by atoms with Crippen molar-refractivity contribution < 1.29 is 23.9 Å². The molecule has 0 saturated heterocycles. The van der Waals surface area contributed by atoms with Crippen LogP contribution in [0.25, 0.3) is 0 Å². The van der Waals surface area contributed by atoms with Crippen molar-refractivity contribution in [3.8, 4) is 5.75 Å². The van der Waals surface area contributed by atoms with Gasteiger partial charge >= 0.3 is 12.1 Å². The van der Waals surface area contributed by atoms with Crippen LogP contribution in [0.5, 0.6) is 5.75 Å². The van der Waals surface area contributed by atoms with E-state index in [-0.39, 0.29) is 54.7 Å². The molecule has 0 bridgehead atoms. The summed E-state index contributed by atoms with van der Waals surface area (Å²) in [5, 5.41) is 8.50. The number of nitrogens with zero attached hydrogens (tertiary/aromatic N) is 2. The van der Waals surface area contributed by atoms with Crippen molar-refractivity contribution in [1.82, 2.24) is 20.4 Å². The maximum atomic E-state index is 13.3. The van der Waals surface area contributed by atoms with Crippen LogP contribution in [-0.2, 0) is 4.74 Å². The number of likely N-dealkylation sites (N-methyl/N-ethyl adjacent to an activating group) is 1. The van der Waals surface area contributed by atoms with E-state index in [9.17, 15) is 14.4 Å². The van der Waals surface area contributed by atoms with Gasteiger partial charge in [0, 0.05) is 57.0 Å². The summed E-state index contributed by atoms with van der Waals surface area (Å²) in [6.07, 6.45) is -0.269. The summed E-state index contributed by atoms with van der Waals surface area (Å²) in [6, 6.07) is 4.10. The van der Waals surface area contributed by atoms with Crippen molar-refractivity contribution in [3.63, 3.8) is 0 Å². The molecule has 35 heavy (non-hydrogen) atoms. The first-order chi connectivity index (χ1) is 16.4. The van der Waals surface area contributed by atoms with Gasteiger partial charge in [-0.15, -0.1) is 0 Å². The Kier molecular flexibility index (Phi) is 10.2. The molecule has 0 aromatic heterocycles. The van der Waals surface area contributed by atoms with E-state index in [0.717, 1.165) is 0 Å². The molecule has 0 saturated carbocycles. The number of fused-ring (bicyclic) bond motifs is 1. The molecule has 3 N–H and O–H groups in total.